The van der Waals surface area contributed by atoms with Crippen LogP contribution in [0.15, 0.2) is 42.5 Å². The number of hydrogen-bond donors (Lipinski definition) is 1. The van der Waals surface area contributed by atoms with Gasteiger partial charge in [-0.1, -0.05) is 42.5 Å². The van der Waals surface area contributed by atoms with Crippen molar-refractivity contribution in [3.05, 3.63) is 48.0 Å². The lowest BCUT2D eigenvalue weighted by atomic mass is 10.0. The quantitative estimate of drug-likeness (QED) is 0.937. The summed E-state index contributed by atoms with van der Waals surface area (Å²) in [4.78, 5) is 16.2. The van der Waals surface area contributed by atoms with Gasteiger partial charge in [0.05, 0.1) is 6.04 Å². The fraction of sp³-hybridized carbons (Fsp3) is 0.389. The van der Waals surface area contributed by atoms with Crippen LogP contribution in [0.3, 0.4) is 0 Å². The van der Waals surface area contributed by atoms with E-state index in [0.717, 1.165) is 32.7 Å². The fourth-order valence-electron chi connectivity index (χ4n) is 3.09. The smallest absolute Gasteiger partial charge is 0.239 e. The normalized spacial score (nSPS) is 16.9. The molecule has 1 unspecified atom stereocenters. The number of piperazine rings is 1. The van der Waals surface area contributed by atoms with Gasteiger partial charge in [0, 0.05) is 32.7 Å². The fourth-order valence-corrected chi connectivity index (χ4v) is 3.09. The Morgan fingerprint density at radius 2 is 1.74 bits per heavy atom. The average Bonchev–Trinajstić information content (AvgIpc) is 2.55. The number of benzene rings is 2. The summed E-state index contributed by atoms with van der Waals surface area (Å²) in [6.07, 6.45) is 0. The Bertz CT molecular complexity index is 661. The van der Waals surface area contributed by atoms with Crippen molar-refractivity contribution in [2.45, 2.75) is 19.5 Å². The minimum atomic E-state index is -0.399. The van der Waals surface area contributed by atoms with E-state index >= 15 is 0 Å². The van der Waals surface area contributed by atoms with Crippen LogP contribution in [0.4, 0.5) is 0 Å². The Hall–Kier alpha value is -1.62. The van der Waals surface area contributed by atoms with Crippen LogP contribution < -0.4 is 5.73 Å². The van der Waals surface area contributed by atoms with Crippen LogP contribution in [0.5, 0.6) is 0 Å². The van der Waals surface area contributed by atoms with Crippen LogP contribution in [-0.2, 0) is 11.3 Å². The predicted molar refractivity (Wildman–Crippen MR) is 96.7 cm³/mol. The molecule has 0 spiro atoms. The van der Waals surface area contributed by atoms with Gasteiger partial charge in [-0.3, -0.25) is 9.69 Å². The highest BCUT2D eigenvalue weighted by atomic mass is 35.5. The van der Waals surface area contributed by atoms with Crippen LogP contribution in [0, 0.1) is 0 Å². The maximum absolute atomic E-state index is 11.9. The first-order chi connectivity index (χ1) is 10.6. The number of hydrogen-bond acceptors (Lipinski definition) is 3. The Kier molecular flexibility index (Phi) is 5.99. The number of amides is 1. The molecular weight excluding hydrogens is 310 g/mol. The monoisotopic (exact) mass is 333 g/mol. The molecule has 1 amide bonds. The molecule has 1 heterocycles. The topological polar surface area (TPSA) is 49.6 Å². The molecule has 0 bridgehead atoms. The minimum Gasteiger partial charge on any atom is -0.339 e. The third-order valence-corrected chi connectivity index (χ3v) is 4.35. The van der Waals surface area contributed by atoms with Gasteiger partial charge in [-0.15, -0.1) is 12.4 Å². The molecule has 0 aromatic heterocycles. The SMILES string of the molecule is CC(N)C(=O)N1CCN(Cc2cccc3ccccc23)CC1.Cl. The summed E-state index contributed by atoms with van der Waals surface area (Å²) in [5.41, 5.74) is 7.03. The number of nitrogens with two attached hydrogens (primary N) is 1. The molecule has 0 radical (unpaired) electrons. The number of nitrogens with zero attached hydrogens (tertiary/aromatic N) is 2. The molecule has 3 rings (SSSR count). The van der Waals surface area contributed by atoms with E-state index in [0.29, 0.717) is 0 Å². The summed E-state index contributed by atoms with van der Waals surface area (Å²) in [7, 11) is 0. The zero-order valence-corrected chi connectivity index (χ0v) is 14.3. The van der Waals surface area contributed by atoms with Crippen molar-refractivity contribution in [2.75, 3.05) is 26.2 Å². The van der Waals surface area contributed by atoms with Gasteiger partial charge in [0.15, 0.2) is 0 Å². The summed E-state index contributed by atoms with van der Waals surface area (Å²) in [5.74, 6) is 0.0600. The zero-order chi connectivity index (χ0) is 15.5. The molecule has 4 nitrogen and oxygen atoms in total. The van der Waals surface area contributed by atoms with Gasteiger partial charge < -0.3 is 10.6 Å². The molecular formula is C18H24ClN3O. The second-order valence-corrected chi connectivity index (χ2v) is 6.03. The highest BCUT2D eigenvalue weighted by Gasteiger charge is 2.23. The maximum atomic E-state index is 11.9. The largest absolute Gasteiger partial charge is 0.339 e. The molecule has 2 aromatic carbocycles. The molecule has 0 aliphatic carbocycles. The van der Waals surface area contributed by atoms with Crippen molar-refractivity contribution >= 4 is 29.1 Å². The number of halogens is 1. The lowest BCUT2D eigenvalue weighted by Gasteiger charge is -2.35. The Morgan fingerprint density at radius 3 is 2.43 bits per heavy atom. The van der Waals surface area contributed by atoms with Crippen molar-refractivity contribution < 1.29 is 4.79 Å². The molecule has 1 saturated heterocycles. The van der Waals surface area contributed by atoms with Crippen LogP contribution >= 0.6 is 12.4 Å². The standard InChI is InChI=1S/C18H23N3O.ClH/c1-14(19)18(22)21-11-9-20(10-12-21)13-16-7-4-6-15-5-2-3-8-17(15)16;/h2-8,14H,9-13,19H2,1H3;1H. The first kappa shape index (κ1) is 17.7. The highest BCUT2D eigenvalue weighted by Crippen LogP contribution is 2.20. The van der Waals surface area contributed by atoms with Gasteiger partial charge in [0.2, 0.25) is 5.91 Å². The molecule has 1 aliphatic rings. The van der Waals surface area contributed by atoms with E-state index in [-0.39, 0.29) is 18.3 Å². The lowest BCUT2D eigenvalue weighted by molar-refractivity contribution is -0.134. The first-order valence-electron chi connectivity index (χ1n) is 7.88. The van der Waals surface area contributed by atoms with E-state index in [4.69, 9.17) is 5.73 Å². The molecule has 1 atom stereocenters. The molecule has 2 aromatic rings. The third-order valence-electron chi connectivity index (χ3n) is 4.35. The zero-order valence-electron chi connectivity index (χ0n) is 13.4. The van der Waals surface area contributed by atoms with Crippen LogP contribution in [0.2, 0.25) is 0 Å². The summed E-state index contributed by atoms with van der Waals surface area (Å²) in [5, 5.41) is 2.60. The van der Waals surface area contributed by atoms with Crippen molar-refractivity contribution in [1.29, 1.82) is 0 Å². The van der Waals surface area contributed by atoms with Gasteiger partial charge in [-0.25, -0.2) is 0 Å². The molecule has 0 saturated carbocycles. The van der Waals surface area contributed by atoms with E-state index in [2.05, 4.69) is 47.4 Å². The Morgan fingerprint density at radius 1 is 1.09 bits per heavy atom. The average molecular weight is 334 g/mol. The predicted octanol–water partition coefficient (Wildman–Crippen LogP) is 2.25. The number of fused-ring (bicyclic) bond motifs is 1. The van der Waals surface area contributed by atoms with Crippen molar-refractivity contribution in [1.82, 2.24) is 9.80 Å². The molecule has 2 N–H and O–H groups in total. The van der Waals surface area contributed by atoms with Crippen molar-refractivity contribution in [3.63, 3.8) is 0 Å². The summed E-state index contributed by atoms with van der Waals surface area (Å²) >= 11 is 0. The summed E-state index contributed by atoms with van der Waals surface area (Å²) < 4.78 is 0. The molecule has 5 heteroatoms. The van der Waals surface area contributed by atoms with Gasteiger partial charge in [-0.05, 0) is 23.3 Å². The molecule has 23 heavy (non-hydrogen) atoms. The van der Waals surface area contributed by atoms with E-state index in [1.54, 1.807) is 6.92 Å². The van der Waals surface area contributed by atoms with Gasteiger partial charge in [0.25, 0.3) is 0 Å². The van der Waals surface area contributed by atoms with E-state index in [1.807, 2.05) is 4.90 Å². The van der Waals surface area contributed by atoms with Gasteiger partial charge >= 0.3 is 0 Å². The van der Waals surface area contributed by atoms with E-state index in [9.17, 15) is 4.79 Å². The van der Waals surface area contributed by atoms with Crippen molar-refractivity contribution in [3.8, 4) is 0 Å². The van der Waals surface area contributed by atoms with Gasteiger partial charge in [-0.2, -0.15) is 0 Å². The summed E-state index contributed by atoms with van der Waals surface area (Å²) in [6, 6.07) is 14.6. The highest BCUT2D eigenvalue weighted by molar-refractivity contribution is 5.86. The number of carbonyl (C=O) groups excluding carboxylic acids is 1. The van der Waals surface area contributed by atoms with E-state index in [1.165, 1.54) is 16.3 Å². The van der Waals surface area contributed by atoms with E-state index < -0.39 is 6.04 Å². The Labute approximate surface area is 143 Å². The maximum Gasteiger partial charge on any atom is 0.239 e. The second kappa shape index (κ2) is 7.77. The molecule has 124 valence electrons. The van der Waals surface area contributed by atoms with Crippen LogP contribution in [0.1, 0.15) is 12.5 Å². The first-order valence-corrected chi connectivity index (χ1v) is 7.88. The lowest BCUT2D eigenvalue weighted by Crippen LogP contribution is -2.52. The number of carbonyl (C=O) groups is 1. The summed E-state index contributed by atoms with van der Waals surface area (Å²) in [6.45, 7) is 6.03. The minimum absolute atomic E-state index is 0. The molecule has 1 fully saturated rings. The van der Waals surface area contributed by atoms with Crippen LogP contribution in [-0.4, -0.2) is 47.9 Å². The van der Waals surface area contributed by atoms with Crippen molar-refractivity contribution in [2.24, 2.45) is 5.73 Å². The Balaban J connectivity index is 0.00000192. The molecule has 1 aliphatic heterocycles. The van der Waals surface area contributed by atoms with Crippen LogP contribution in [0.25, 0.3) is 10.8 Å². The third kappa shape index (κ3) is 4.02. The second-order valence-electron chi connectivity index (χ2n) is 6.03. The van der Waals surface area contributed by atoms with Gasteiger partial charge in [0.1, 0.15) is 0 Å². The number of rotatable bonds is 3.